The monoisotopic (exact) mass is 284 g/mol. The molecule has 2 aliphatic rings. The molecule has 0 amide bonds. The lowest BCUT2D eigenvalue weighted by molar-refractivity contribution is 0.442. The maximum absolute atomic E-state index is 12.6. The Morgan fingerprint density at radius 2 is 2.00 bits per heavy atom. The fourth-order valence-electron chi connectivity index (χ4n) is 3.39. The number of nitrogens with two attached hydrogens (primary N) is 1. The Morgan fingerprint density at radius 1 is 1.37 bits per heavy atom. The molecule has 1 aliphatic carbocycles. The van der Waals surface area contributed by atoms with Gasteiger partial charge in [0.15, 0.2) is 5.03 Å². The molecule has 1 saturated carbocycles. The van der Waals surface area contributed by atoms with Gasteiger partial charge in [-0.15, -0.1) is 0 Å². The Bertz CT molecular complexity index is 569. The van der Waals surface area contributed by atoms with E-state index < -0.39 is 10.0 Å². The van der Waals surface area contributed by atoms with Crippen LogP contribution in [0, 0.1) is 18.8 Å². The quantitative estimate of drug-likeness (QED) is 0.850. The molecule has 1 aliphatic heterocycles. The van der Waals surface area contributed by atoms with Crippen molar-refractivity contribution in [2.45, 2.75) is 37.8 Å². The summed E-state index contributed by atoms with van der Waals surface area (Å²) in [4.78, 5) is 0. The van der Waals surface area contributed by atoms with Crippen molar-refractivity contribution in [2.24, 2.45) is 17.6 Å². The Morgan fingerprint density at radius 3 is 2.58 bits per heavy atom. The highest BCUT2D eigenvalue weighted by molar-refractivity contribution is 7.89. The number of hydrogen-bond acceptors (Lipinski definition) is 4. The van der Waals surface area contributed by atoms with Crippen molar-refractivity contribution < 1.29 is 8.42 Å². The van der Waals surface area contributed by atoms with Crippen molar-refractivity contribution in [3.05, 3.63) is 11.3 Å². The minimum absolute atomic E-state index is 0.118. The molecule has 1 saturated heterocycles. The maximum Gasteiger partial charge on any atom is 0.262 e. The summed E-state index contributed by atoms with van der Waals surface area (Å²) in [6, 6.07) is 0. The van der Waals surface area contributed by atoms with Gasteiger partial charge in [0.1, 0.15) is 0 Å². The predicted molar refractivity (Wildman–Crippen MR) is 70.8 cm³/mol. The fraction of sp³-hybridized carbons (Fsp3) is 0.750. The van der Waals surface area contributed by atoms with Crippen molar-refractivity contribution in [2.75, 3.05) is 13.1 Å². The van der Waals surface area contributed by atoms with Gasteiger partial charge in [-0.2, -0.15) is 9.40 Å². The van der Waals surface area contributed by atoms with E-state index in [1.807, 2.05) is 0 Å². The molecule has 7 heteroatoms. The minimum atomic E-state index is -3.49. The Balaban J connectivity index is 1.91. The number of aryl methyl sites for hydroxylation is 1. The fourth-order valence-corrected chi connectivity index (χ4v) is 5.12. The predicted octanol–water partition coefficient (Wildman–Crippen LogP) is 0.597. The van der Waals surface area contributed by atoms with Gasteiger partial charge in [-0.3, -0.25) is 5.10 Å². The van der Waals surface area contributed by atoms with Gasteiger partial charge in [-0.25, -0.2) is 8.42 Å². The highest BCUT2D eigenvalue weighted by Gasteiger charge is 2.42. The van der Waals surface area contributed by atoms with Crippen LogP contribution >= 0.6 is 0 Å². The van der Waals surface area contributed by atoms with E-state index in [1.54, 1.807) is 11.2 Å². The normalized spacial score (nSPS) is 27.9. The van der Waals surface area contributed by atoms with Crippen LogP contribution in [0.15, 0.2) is 5.03 Å². The average molecular weight is 284 g/mol. The number of nitrogens with one attached hydrogen (secondary N) is 1. The molecule has 2 fully saturated rings. The molecule has 106 valence electrons. The first-order valence-electron chi connectivity index (χ1n) is 6.78. The topological polar surface area (TPSA) is 92.1 Å². The molecule has 1 aromatic heterocycles. The zero-order valence-electron chi connectivity index (χ0n) is 11.1. The molecule has 3 N–H and O–H groups in total. The van der Waals surface area contributed by atoms with E-state index >= 15 is 0 Å². The van der Waals surface area contributed by atoms with E-state index in [4.69, 9.17) is 5.73 Å². The largest absolute Gasteiger partial charge is 0.326 e. The molecule has 19 heavy (non-hydrogen) atoms. The van der Waals surface area contributed by atoms with Crippen LogP contribution in [-0.4, -0.2) is 36.0 Å². The molecule has 6 nitrogen and oxygen atoms in total. The number of aromatic amines is 1. The molecule has 1 aromatic rings. The van der Waals surface area contributed by atoms with Gasteiger partial charge in [0.2, 0.25) is 0 Å². The van der Waals surface area contributed by atoms with Crippen molar-refractivity contribution in [1.82, 2.24) is 14.5 Å². The molecule has 0 bridgehead atoms. The zero-order valence-corrected chi connectivity index (χ0v) is 11.9. The number of aromatic nitrogens is 2. The first kappa shape index (κ1) is 13.1. The average Bonchev–Trinajstić information content (AvgIpc) is 3.00. The molecule has 2 heterocycles. The number of H-pyrrole nitrogens is 1. The minimum Gasteiger partial charge on any atom is -0.326 e. The molecule has 2 unspecified atom stereocenters. The molecule has 2 atom stereocenters. The number of rotatable bonds is 3. The van der Waals surface area contributed by atoms with Gasteiger partial charge in [-0.05, 0) is 31.6 Å². The van der Waals surface area contributed by atoms with E-state index in [0.29, 0.717) is 30.5 Å². The van der Waals surface area contributed by atoms with Crippen molar-refractivity contribution in [1.29, 1.82) is 0 Å². The highest BCUT2D eigenvalue weighted by atomic mass is 32.2. The van der Waals surface area contributed by atoms with Gasteiger partial charge < -0.3 is 5.73 Å². The summed E-state index contributed by atoms with van der Waals surface area (Å²) in [6.07, 6.45) is 3.54. The van der Waals surface area contributed by atoms with Gasteiger partial charge in [0, 0.05) is 30.9 Å². The molecule has 0 radical (unpaired) electrons. The zero-order chi connectivity index (χ0) is 13.6. The summed E-state index contributed by atoms with van der Waals surface area (Å²) in [5.74, 6) is 1.08. The van der Waals surface area contributed by atoms with E-state index in [0.717, 1.165) is 18.5 Å². The summed E-state index contributed by atoms with van der Waals surface area (Å²) in [5.41, 5.74) is 6.99. The van der Waals surface area contributed by atoms with E-state index in [2.05, 4.69) is 10.2 Å². The molecular weight excluding hydrogens is 264 g/mol. The van der Waals surface area contributed by atoms with Crippen molar-refractivity contribution in [3.63, 3.8) is 0 Å². The second-order valence-electron chi connectivity index (χ2n) is 5.61. The molecule has 3 rings (SSSR count). The second kappa shape index (κ2) is 4.57. The van der Waals surface area contributed by atoms with Crippen molar-refractivity contribution >= 4 is 10.0 Å². The van der Waals surface area contributed by atoms with E-state index in [9.17, 15) is 8.42 Å². The molecule has 0 spiro atoms. The number of sulfonamides is 1. The molecular formula is C12H20N4O2S. The van der Waals surface area contributed by atoms with Gasteiger partial charge >= 0.3 is 0 Å². The van der Waals surface area contributed by atoms with E-state index in [1.165, 1.54) is 6.42 Å². The first-order chi connectivity index (χ1) is 9.04. The smallest absolute Gasteiger partial charge is 0.262 e. The lowest BCUT2D eigenvalue weighted by Crippen LogP contribution is -2.31. The maximum atomic E-state index is 12.6. The summed E-state index contributed by atoms with van der Waals surface area (Å²) in [5, 5.41) is 6.81. The van der Waals surface area contributed by atoms with E-state index in [-0.39, 0.29) is 11.6 Å². The third-order valence-corrected chi connectivity index (χ3v) is 6.32. The van der Waals surface area contributed by atoms with Crippen LogP contribution in [-0.2, 0) is 16.6 Å². The third-order valence-electron chi connectivity index (χ3n) is 4.52. The lowest BCUT2D eigenvalue weighted by Gasteiger charge is -2.16. The van der Waals surface area contributed by atoms with Crippen LogP contribution in [0.1, 0.15) is 30.5 Å². The Labute approximate surface area is 113 Å². The summed E-state index contributed by atoms with van der Waals surface area (Å²) < 4.78 is 26.9. The van der Waals surface area contributed by atoms with Gasteiger partial charge in [0.25, 0.3) is 10.0 Å². The first-order valence-corrected chi connectivity index (χ1v) is 8.22. The standard InChI is InChI=1S/C12H20N4O2S/c1-8-11(5-13)12(15-14-8)19(17,18)16-6-9-3-2-4-10(9)7-16/h9-10H,2-7,13H2,1H3,(H,14,15). The Hall–Kier alpha value is -0.920. The third kappa shape index (κ3) is 2.00. The number of nitrogens with zero attached hydrogens (tertiary/aromatic N) is 2. The van der Waals surface area contributed by atoms with Crippen LogP contribution < -0.4 is 5.73 Å². The van der Waals surface area contributed by atoms with Crippen LogP contribution in [0.4, 0.5) is 0 Å². The number of hydrogen-bond donors (Lipinski definition) is 2. The Kier molecular flexibility index (Phi) is 3.15. The SMILES string of the molecule is Cc1[nH]nc(S(=O)(=O)N2CC3CCCC3C2)c1CN. The highest BCUT2D eigenvalue weighted by Crippen LogP contribution is 2.39. The molecule has 0 aromatic carbocycles. The van der Waals surface area contributed by atoms with Crippen LogP contribution in [0.25, 0.3) is 0 Å². The second-order valence-corrected chi connectivity index (χ2v) is 7.46. The summed E-state index contributed by atoms with van der Waals surface area (Å²) >= 11 is 0. The summed E-state index contributed by atoms with van der Waals surface area (Å²) in [6.45, 7) is 3.27. The summed E-state index contributed by atoms with van der Waals surface area (Å²) in [7, 11) is -3.49. The van der Waals surface area contributed by atoms with Crippen LogP contribution in [0.3, 0.4) is 0 Å². The van der Waals surface area contributed by atoms with Gasteiger partial charge in [0.05, 0.1) is 0 Å². The van der Waals surface area contributed by atoms with Gasteiger partial charge in [-0.1, -0.05) is 6.42 Å². The van der Waals surface area contributed by atoms with Crippen LogP contribution in [0.2, 0.25) is 0 Å². The lowest BCUT2D eigenvalue weighted by atomic mass is 10.0. The van der Waals surface area contributed by atoms with Crippen LogP contribution in [0.5, 0.6) is 0 Å². The number of fused-ring (bicyclic) bond motifs is 1. The van der Waals surface area contributed by atoms with Crippen molar-refractivity contribution in [3.8, 4) is 0 Å².